The Morgan fingerprint density at radius 3 is 2.65 bits per heavy atom. The Morgan fingerprint density at radius 2 is 1.96 bits per heavy atom. The van der Waals surface area contributed by atoms with Gasteiger partial charge in [0.25, 0.3) is 5.91 Å². The first-order valence-electron chi connectivity index (χ1n) is 7.55. The molecule has 0 radical (unpaired) electrons. The van der Waals surface area contributed by atoms with Gasteiger partial charge < -0.3 is 10.1 Å². The molecular weight excluding hydrogens is 378 g/mol. The Labute approximate surface area is 150 Å². The van der Waals surface area contributed by atoms with Crippen LogP contribution in [0.5, 0.6) is 5.75 Å². The first-order valence-corrected chi connectivity index (χ1v) is 8.72. The zero-order valence-electron chi connectivity index (χ0n) is 12.9. The van der Waals surface area contributed by atoms with E-state index >= 15 is 0 Å². The summed E-state index contributed by atoms with van der Waals surface area (Å²) >= 11 is 9.36. The maximum atomic E-state index is 12.1. The smallest absolute Gasteiger partial charge is 0.252 e. The lowest BCUT2D eigenvalue weighted by atomic mass is 10.1. The Kier molecular flexibility index (Phi) is 6.93. The Bertz CT molecular complexity index is 659. The van der Waals surface area contributed by atoms with E-state index in [1.54, 1.807) is 18.2 Å². The molecule has 2 rings (SSSR count). The lowest BCUT2D eigenvalue weighted by Crippen LogP contribution is -2.28. The van der Waals surface area contributed by atoms with E-state index in [-0.39, 0.29) is 5.91 Å². The second kappa shape index (κ2) is 8.94. The van der Waals surface area contributed by atoms with Crippen LogP contribution >= 0.6 is 27.5 Å². The van der Waals surface area contributed by atoms with Crippen LogP contribution in [-0.4, -0.2) is 19.1 Å². The molecule has 2 aromatic rings. The molecule has 0 saturated heterocycles. The van der Waals surface area contributed by atoms with Crippen LogP contribution in [0.3, 0.4) is 0 Å². The highest BCUT2D eigenvalue weighted by Gasteiger charge is 2.10. The minimum absolute atomic E-state index is 0.210. The Morgan fingerprint density at radius 1 is 1.22 bits per heavy atom. The number of rotatable bonds is 7. The van der Waals surface area contributed by atoms with E-state index in [1.807, 2.05) is 12.1 Å². The minimum atomic E-state index is -0.210. The largest absolute Gasteiger partial charge is 0.492 e. The van der Waals surface area contributed by atoms with Crippen LogP contribution in [-0.2, 0) is 6.42 Å². The number of benzene rings is 2. The van der Waals surface area contributed by atoms with Gasteiger partial charge in [-0.25, -0.2) is 0 Å². The molecule has 0 saturated carbocycles. The molecule has 0 spiro atoms. The monoisotopic (exact) mass is 395 g/mol. The van der Waals surface area contributed by atoms with Gasteiger partial charge in [-0.15, -0.1) is 0 Å². The number of halogens is 2. The summed E-state index contributed by atoms with van der Waals surface area (Å²) in [6, 6.07) is 13.2. The molecule has 2 aromatic carbocycles. The molecule has 5 heteroatoms. The highest BCUT2D eigenvalue weighted by atomic mass is 79.9. The summed E-state index contributed by atoms with van der Waals surface area (Å²) in [7, 11) is 0. The molecule has 0 aliphatic heterocycles. The van der Waals surface area contributed by atoms with Crippen LogP contribution in [0.2, 0.25) is 5.02 Å². The van der Waals surface area contributed by atoms with Crippen molar-refractivity contribution in [1.29, 1.82) is 0 Å². The Hall–Kier alpha value is -1.52. The SMILES string of the molecule is CCCc1ccc(OCCNC(=O)c2cc(Br)ccc2Cl)cc1. The fourth-order valence-corrected chi connectivity index (χ4v) is 2.71. The number of aryl methyl sites for hydroxylation is 1. The predicted octanol–water partition coefficient (Wildman–Crippen LogP) is 4.86. The third-order valence-corrected chi connectivity index (χ3v) is 4.11. The van der Waals surface area contributed by atoms with Gasteiger partial charge in [0, 0.05) is 4.47 Å². The van der Waals surface area contributed by atoms with Crippen LogP contribution in [0.25, 0.3) is 0 Å². The molecule has 0 fully saturated rings. The summed E-state index contributed by atoms with van der Waals surface area (Å²) in [5, 5.41) is 3.23. The van der Waals surface area contributed by atoms with Crippen molar-refractivity contribution in [3.8, 4) is 5.75 Å². The summed E-state index contributed by atoms with van der Waals surface area (Å²) in [4.78, 5) is 12.1. The van der Waals surface area contributed by atoms with Gasteiger partial charge >= 0.3 is 0 Å². The number of ether oxygens (including phenoxy) is 1. The molecule has 1 amide bonds. The standard InChI is InChI=1S/C18H19BrClNO2/c1-2-3-13-4-7-15(8-5-13)23-11-10-21-18(22)16-12-14(19)6-9-17(16)20/h4-9,12H,2-3,10-11H2,1H3,(H,21,22). The Balaban J connectivity index is 1.78. The van der Waals surface area contributed by atoms with Crippen molar-refractivity contribution in [3.63, 3.8) is 0 Å². The molecule has 0 heterocycles. The van der Waals surface area contributed by atoms with Crippen LogP contribution in [0.15, 0.2) is 46.9 Å². The number of carbonyl (C=O) groups is 1. The number of amides is 1. The van der Waals surface area contributed by atoms with Crippen molar-refractivity contribution in [2.24, 2.45) is 0 Å². The van der Waals surface area contributed by atoms with Gasteiger partial charge in [-0.3, -0.25) is 4.79 Å². The van der Waals surface area contributed by atoms with Gasteiger partial charge in [0.05, 0.1) is 17.1 Å². The topological polar surface area (TPSA) is 38.3 Å². The summed E-state index contributed by atoms with van der Waals surface area (Å²) in [5.41, 5.74) is 1.75. The number of nitrogens with one attached hydrogen (secondary N) is 1. The molecule has 23 heavy (non-hydrogen) atoms. The third kappa shape index (κ3) is 5.56. The molecule has 122 valence electrons. The van der Waals surface area contributed by atoms with Gasteiger partial charge in [-0.2, -0.15) is 0 Å². The van der Waals surface area contributed by atoms with E-state index in [1.165, 1.54) is 5.56 Å². The average Bonchev–Trinajstić information content (AvgIpc) is 2.55. The maximum absolute atomic E-state index is 12.1. The zero-order valence-corrected chi connectivity index (χ0v) is 15.3. The van der Waals surface area contributed by atoms with E-state index in [9.17, 15) is 4.79 Å². The molecule has 1 N–H and O–H groups in total. The van der Waals surface area contributed by atoms with E-state index in [0.29, 0.717) is 23.7 Å². The fraction of sp³-hybridized carbons (Fsp3) is 0.278. The normalized spacial score (nSPS) is 10.4. The second-order valence-electron chi connectivity index (χ2n) is 5.12. The minimum Gasteiger partial charge on any atom is -0.492 e. The molecule has 3 nitrogen and oxygen atoms in total. The van der Waals surface area contributed by atoms with Crippen molar-refractivity contribution in [2.75, 3.05) is 13.2 Å². The molecular formula is C18H19BrClNO2. The van der Waals surface area contributed by atoms with E-state index < -0.39 is 0 Å². The molecule has 0 atom stereocenters. The van der Waals surface area contributed by atoms with E-state index in [2.05, 4.69) is 40.3 Å². The lowest BCUT2D eigenvalue weighted by molar-refractivity contribution is 0.0947. The van der Waals surface area contributed by atoms with Gasteiger partial charge in [0.2, 0.25) is 0 Å². The number of carbonyl (C=O) groups excluding carboxylic acids is 1. The van der Waals surface area contributed by atoms with Gasteiger partial charge in [-0.05, 0) is 42.3 Å². The lowest BCUT2D eigenvalue weighted by Gasteiger charge is -2.09. The summed E-state index contributed by atoms with van der Waals surface area (Å²) < 4.78 is 6.44. The molecule has 0 aliphatic rings. The van der Waals surface area contributed by atoms with Gasteiger partial charge in [-0.1, -0.05) is 53.0 Å². The molecule has 0 aromatic heterocycles. The highest BCUT2D eigenvalue weighted by Crippen LogP contribution is 2.20. The first-order chi connectivity index (χ1) is 11.1. The summed E-state index contributed by atoms with van der Waals surface area (Å²) in [5.74, 6) is 0.595. The highest BCUT2D eigenvalue weighted by molar-refractivity contribution is 9.10. The molecule has 0 unspecified atom stereocenters. The van der Waals surface area contributed by atoms with Crippen molar-refractivity contribution in [3.05, 3.63) is 63.1 Å². The third-order valence-electron chi connectivity index (χ3n) is 3.29. The summed E-state index contributed by atoms with van der Waals surface area (Å²) in [6.45, 7) is 2.98. The number of hydrogen-bond donors (Lipinski definition) is 1. The van der Waals surface area contributed by atoms with Crippen molar-refractivity contribution < 1.29 is 9.53 Å². The van der Waals surface area contributed by atoms with Crippen molar-refractivity contribution in [1.82, 2.24) is 5.32 Å². The van der Waals surface area contributed by atoms with E-state index in [0.717, 1.165) is 23.1 Å². The molecule has 0 aliphatic carbocycles. The fourth-order valence-electron chi connectivity index (χ4n) is 2.14. The first kappa shape index (κ1) is 17.8. The van der Waals surface area contributed by atoms with Crippen LogP contribution in [0.4, 0.5) is 0 Å². The second-order valence-corrected chi connectivity index (χ2v) is 6.45. The maximum Gasteiger partial charge on any atom is 0.252 e. The zero-order chi connectivity index (χ0) is 16.7. The van der Waals surface area contributed by atoms with Crippen molar-refractivity contribution >= 4 is 33.4 Å². The van der Waals surface area contributed by atoms with E-state index in [4.69, 9.17) is 16.3 Å². The summed E-state index contributed by atoms with van der Waals surface area (Å²) in [6.07, 6.45) is 2.20. The molecule has 0 bridgehead atoms. The quantitative estimate of drug-likeness (QED) is 0.678. The van der Waals surface area contributed by atoms with Crippen LogP contribution < -0.4 is 10.1 Å². The predicted molar refractivity (Wildman–Crippen MR) is 97.4 cm³/mol. The van der Waals surface area contributed by atoms with Crippen molar-refractivity contribution in [2.45, 2.75) is 19.8 Å². The van der Waals surface area contributed by atoms with Gasteiger partial charge in [0.1, 0.15) is 12.4 Å². The van der Waals surface area contributed by atoms with Crippen LogP contribution in [0, 0.1) is 0 Å². The van der Waals surface area contributed by atoms with Gasteiger partial charge in [0.15, 0.2) is 0 Å². The average molecular weight is 397 g/mol. The van der Waals surface area contributed by atoms with Crippen LogP contribution in [0.1, 0.15) is 29.3 Å². The number of hydrogen-bond acceptors (Lipinski definition) is 2.